The molecule has 164 valence electrons. The van der Waals surface area contributed by atoms with Gasteiger partial charge in [-0.25, -0.2) is 9.07 Å². The SMILES string of the molecule is CCOCCOc1nc(-c2ccccc2F)n(-c2ccc(NC(=O)c3cccs3)cc2)n1. The van der Waals surface area contributed by atoms with Crippen LogP contribution >= 0.6 is 11.3 Å². The number of benzene rings is 2. The molecule has 0 aliphatic rings. The zero-order chi connectivity index (χ0) is 22.3. The average molecular weight is 453 g/mol. The summed E-state index contributed by atoms with van der Waals surface area (Å²) in [7, 11) is 0. The Morgan fingerprint density at radius 1 is 1.09 bits per heavy atom. The lowest BCUT2D eigenvalue weighted by Crippen LogP contribution is -2.10. The second-order valence-corrected chi connectivity index (χ2v) is 7.58. The average Bonchev–Trinajstić information content (AvgIpc) is 3.48. The summed E-state index contributed by atoms with van der Waals surface area (Å²) in [5.74, 6) is -0.280. The maximum atomic E-state index is 14.5. The fraction of sp³-hybridized carbons (Fsp3) is 0.174. The molecule has 0 aliphatic carbocycles. The van der Waals surface area contributed by atoms with E-state index in [4.69, 9.17) is 9.47 Å². The van der Waals surface area contributed by atoms with Crippen LogP contribution in [0.3, 0.4) is 0 Å². The lowest BCUT2D eigenvalue weighted by atomic mass is 10.2. The summed E-state index contributed by atoms with van der Waals surface area (Å²) in [6.07, 6.45) is 0. The lowest BCUT2D eigenvalue weighted by molar-refractivity contribution is 0.103. The van der Waals surface area contributed by atoms with E-state index in [1.54, 1.807) is 48.5 Å². The summed E-state index contributed by atoms with van der Waals surface area (Å²) >= 11 is 1.37. The van der Waals surface area contributed by atoms with Gasteiger partial charge in [0.1, 0.15) is 12.4 Å². The van der Waals surface area contributed by atoms with E-state index >= 15 is 0 Å². The Balaban J connectivity index is 1.60. The first kappa shape index (κ1) is 21.7. The standard InChI is InChI=1S/C23H21FN4O3S/c1-2-30-13-14-31-23-26-21(18-6-3-4-7-19(18)24)28(27-23)17-11-9-16(10-12-17)25-22(29)20-8-5-15-32-20/h3-12,15H,2,13-14H2,1H3,(H,25,29). The third-order valence-corrected chi connectivity index (χ3v) is 5.35. The van der Waals surface area contributed by atoms with Gasteiger partial charge in [0, 0.05) is 12.3 Å². The van der Waals surface area contributed by atoms with Crippen LogP contribution in [-0.2, 0) is 4.74 Å². The molecule has 0 unspecified atom stereocenters. The second-order valence-electron chi connectivity index (χ2n) is 6.63. The van der Waals surface area contributed by atoms with Crippen molar-refractivity contribution in [3.8, 4) is 23.1 Å². The number of thiophene rings is 1. The Labute approximate surface area is 188 Å². The van der Waals surface area contributed by atoms with Crippen LogP contribution < -0.4 is 10.1 Å². The van der Waals surface area contributed by atoms with Gasteiger partial charge in [-0.3, -0.25) is 4.79 Å². The number of amides is 1. The molecule has 9 heteroatoms. The maximum absolute atomic E-state index is 14.5. The van der Waals surface area contributed by atoms with E-state index in [2.05, 4.69) is 15.4 Å². The van der Waals surface area contributed by atoms with Crippen molar-refractivity contribution in [2.75, 3.05) is 25.1 Å². The Morgan fingerprint density at radius 3 is 2.62 bits per heavy atom. The normalized spacial score (nSPS) is 10.8. The third-order valence-electron chi connectivity index (χ3n) is 4.48. The monoisotopic (exact) mass is 452 g/mol. The fourth-order valence-corrected chi connectivity index (χ4v) is 3.59. The molecule has 0 aliphatic heterocycles. The Hall–Kier alpha value is -3.56. The van der Waals surface area contributed by atoms with Gasteiger partial charge in [0.05, 0.1) is 22.7 Å². The molecule has 0 bridgehead atoms. The first-order chi connectivity index (χ1) is 15.7. The van der Waals surface area contributed by atoms with Crippen molar-refractivity contribution in [2.45, 2.75) is 6.92 Å². The van der Waals surface area contributed by atoms with Crippen molar-refractivity contribution in [3.05, 3.63) is 76.7 Å². The van der Waals surface area contributed by atoms with Crippen molar-refractivity contribution < 1.29 is 18.7 Å². The molecule has 32 heavy (non-hydrogen) atoms. The predicted octanol–water partition coefficient (Wildman–Crippen LogP) is 4.80. The summed E-state index contributed by atoms with van der Waals surface area (Å²) in [6, 6.07) is 17.1. The minimum atomic E-state index is -0.415. The predicted molar refractivity (Wildman–Crippen MR) is 121 cm³/mol. The van der Waals surface area contributed by atoms with Crippen LogP contribution in [0.25, 0.3) is 17.1 Å². The summed E-state index contributed by atoms with van der Waals surface area (Å²) < 4.78 is 26.9. The number of nitrogens with zero attached hydrogens (tertiary/aromatic N) is 3. The smallest absolute Gasteiger partial charge is 0.336 e. The summed E-state index contributed by atoms with van der Waals surface area (Å²) in [5.41, 5.74) is 1.58. The van der Waals surface area contributed by atoms with Crippen LogP contribution in [0.15, 0.2) is 66.0 Å². The van der Waals surface area contributed by atoms with Gasteiger partial charge in [-0.05, 0) is 54.8 Å². The number of nitrogens with one attached hydrogen (secondary N) is 1. The highest BCUT2D eigenvalue weighted by Gasteiger charge is 2.18. The highest BCUT2D eigenvalue weighted by atomic mass is 32.1. The Kier molecular flexibility index (Phi) is 6.88. The number of halogens is 1. The minimum absolute atomic E-state index is 0.123. The van der Waals surface area contributed by atoms with Crippen molar-refractivity contribution in [2.24, 2.45) is 0 Å². The molecule has 0 atom stereocenters. The van der Waals surface area contributed by atoms with Crippen molar-refractivity contribution in [1.82, 2.24) is 14.8 Å². The molecule has 2 aromatic heterocycles. The van der Waals surface area contributed by atoms with E-state index in [9.17, 15) is 9.18 Å². The molecule has 2 aromatic carbocycles. The molecule has 0 saturated heterocycles. The Morgan fingerprint density at radius 2 is 1.91 bits per heavy atom. The van der Waals surface area contributed by atoms with Crippen molar-refractivity contribution in [3.63, 3.8) is 0 Å². The summed E-state index contributed by atoms with van der Waals surface area (Å²) in [5, 5.41) is 9.10. The van der Waals surface area contributed by atoms with Gasteiger partial charge in [0.2, 0.25) is 0 Å². The van der Waals surface area contributed by atoms with Gasteiger partial charge < -0.3 is 14.8 Å². The van der Waals surface area contributed by atoms with Gasteiger partial charge in [0.15, 0.2) is 5.82 Å². The molecule has 2 heterocycles. The number of anilines is 1. The van der Waals surface area contributed by atoms with E-state index in [-0.39, 0.29) is 18.5 Å². The second kappa shape index (κ2) is 10.2. The molecule has 4 aromatic rings. The van der Waals surface area contributed by atoms with E-state index in [0.29, 0.717) is 40.9 Å². The number of ether oxygens (including phenoxy) is 2. The van der Waals surface area contributed by atoms with Gasteiger partial charge >= 0.3 is 6.01 Å². The molecule has 7 nitrogen and oxygen atoms in total. The molecular formula is C23H21FN4O3S. The van der Waals surface area contributed by atoms with Crippen LogP contribution in [0.1, 0.15) is 16.6 Å². The van der Waals surface area contributed by atoms with Crippen LogP contribution in [0, 0.1) is 5.82 Å². The molecular weight excluding hydrogens is 431 g/mol. The van der Waals surface area contributed by atoms with E-state index in [1.165, 1.54) is 22.1 Å². The van der Waals surface area contributed by atoms with Gasteiger partial charge in [0.25, 0.3) is 5.91 Å². The third kappa shape index (κ3) is 5.01. The van der Waals surface area contributed by atoms with Crippen LogP contribution in [-0.4, -0.2) is 40.5 Å². The number of carbonyl (C=O) groups excluding carboxylic acids is 1. The zero-order valence-corrected chi connectivity index (χ0v) is 18.1. The van der Waals surface area contributed by atoms with E-state index < -0.39 is 5.82 Å². The molecule has 0 fully saturated rings. The Bertz CT molecular complexity index is 1180. The maximum Gasteiger partial charge on any atom is 0.336 e. The van der Waals surface area contributed by atoms with Gasteiger partial charge in [-0.15, -0.1) is 16.4 Å². The van der Waals surface area contributed by atoms with Gasteiger partial charge in [-0.1, -0.05) is 18.2 Å². The molecule has 0 radical (unpaired) electrons. The molecule has 1 N–H and O–H groups in total. The number of aromatic nitrogens is 3. The van der Waals surface area contributed by atoms with Crippen LogP contribution in [0.4, 0.5) is 10.1 Å². The topological polar surface area (TPSA) is 78.3 Å². The highest BCUT2D eigenvalue weighted by Crippen LogP contribution is 2.26. The number of hydrogen-bond donors (Lipinski definition) is 1. The largest absolute Gasteiger partial charge is 0.460 e. The minimum Gasteiger partial charge on any atom is -0.460 e. The van der Waals surface area contributed by atoms with Crippen molar-refractivity contribution in [1.29, 1.82) is 0 Å². The quantitative estimate of drug-likeness (QED) is 0.369. The molecule has 0 spiro atoms. The fourth-order valence-electron chi connectivity index (χ4n) is 2.97. The van der Waals surface area contributed by atoms with Crippen LogP contribution in [0.5, 0.6) is 6.01 Å². The first-order valence-electron chi connectivity index (χ1n) is 10.0. The summed E-state index contributed by atoms with van der Waals surface area (Å²) in [6.45, 7) is 3.16. The molecule has 1 amide bonds. The van der Waals surface area contributed by atoms with Crippen molar-refractivity contribution >= 4 is 22.9 Å². The van der Waals surface area contributed by atoms with Crippen LogP contribution in [0.2, 0.25) is 0 Å². The highest BCUT2D eigenvalue weighted by molar-refractivity contribution is 7.12. The van der Waals surface area contributed by atoms with Gasteiger partial charge in [-0.2, -0.15) is 4.98 Å². The molecule has 0 saturated carbocycles. The zero-order valence-electron chi connectivity index (χ0n) is 17.3. The van der Waals surface area contributed by atoms with E-state index in [0.717, 1.165) is 0 Å². The van der Waals surface area contributed by atoms with E-state index in [1.807, 2.05) is 18.4 Å². The summed E-state index contributed by atoms with van der Waals surface area (Å²) in [4.78, 5) is 17.3. The number of carbonyl (C=O) groups is 1. The number of rotatable bonds is 9. The number of hydrogen-bond acceptors (Lipinski definition) is 6. The molecule has 4 rings (SSSR count). The lowest BCUT2D eigenvalue weighted by Gasteiger charge is -2.08. The first-order valence-corrected chi connectivity index (χ1v) is 10.9.